The molecule has 0 bridgehead atoms. The molecule has 2 aromatic rings. The average Bonchev–Trinajstić information content (AvgIpc) is 2.72. The summed E-state index contributed by atoms with van der Waals surface area (Å²) < 4.78 is 20.3. The second-order valence-corrected chi connectivity index (χ2v) is 7.65. The highest BCUT2D eigenvalue weighted by molar-refractivity contribution is 5.72. The summed E-state index contributed by atoms with van der Waals surface area (Å²) >= 11 is 0. The maximum Gasteiger partial charge on any atom is 0.309 e. The van der Waals surface area contributed by atoms with E-state index in [9.17, 15) is 19.1 Å². The molecule has 1 atom stereocenters. The summed E-state index contributed by atoms with van der Waals surface area (Å²) in [6.07, 6.45) is 1.20. The lowest BCUT2D eigenvalue weighted by Crippen LogP contribution is -2.42. The average molecular weight is 416 g/mol. The van der Waals surface area contributed by atoms with E-state index in [-0.39, 0.29) is 34.6 Å². The summed E-state index contributed by atoms with van der Waals surface area (Å²) in [6.45, 7) is 7.41. The number of esters is 1. The Bertz CT molecular complexity index is 947. The van der Waals surface area contributed by atoms with Gasteiger partial charge in [-0.05, 0) is 70.5 Å². The second kappa shape index (κ2) is 9.43. The molecule has 1 N–H and O–H groups in total. The van der Waals surface area contributed by atoms with Crippen LogP contribution in [0.2, 0.25) is 0 Å². The van der Waals surface area contributed by atoms with Crippen LogP contribution in [0.3, 0.4) is 0 Å². The quantitative estimate of drug-likeness (QED) is 0.731. The number of carbonyl (C=O) groups is 1. The largest absolute Gasteiger partial charge is 0.507 e. The van der Waals surface area contributed by atoms with Crippen molar-refractivity contribution in [2.24, 2.45) is 5.92 Å². The van der Waals surface area contributed by atoms with Crippen molar-refractivity contribution in [2.45, 2.75) is 46.2 Å². The Labute approximate surface area is 175 Å². The number of likely N-dealkylation sites (tertiary alicyclic amines) is 1. The Morgan fingerprint density at radius 2 is 1.87 bits per heavy atom. The van der Waals surface area contributed by atoms with E-state index in [4.69, 9.17) is 4.74 Å². The predicted octanol–water partition coefficient (Wildman–Crippen LogP) is 3.39. The van der Waals surface area contributed by atoms with Crippen LogP contribution < -0.4 is 5.56 Å². The number of benzene rings is 1. The molecule has 0 saturated carbocycles. The molecule has 1 aliphatic rings. The van der Waals surface area contributed by atoms with Gasteiger partial charge < -0.3 is 14.4 Å². The van der Waals surface area contributed by atoms with Gasteiger partial charge in [-0.2, -0.15) is 0 Å². The molecular formula is C23H29FN2O4. The van der Waals surface area contributed by atoms with Crippen LogP contribution in [0.4, 0.5) is 4.39 Å². The number of aromatic nitrogens is 1. The Balaban J connectivity index is 2.01. The molecule has 1 aliphatic heterocycles. The summed E-state index contributed by atoms with van der Waals surface area (Å²) in [7, 11) is 0. The fourth-order valence-electron chi connectivity index (χ4n) is 4.28. The van der Waals surface area contributed by atoms with Crippen LogP contribution in [-0.2, 0) is 16.1 Å². The molecule has 162 valence electrons. The summed E-state index contributed by atoms with van der Waals surface area (Å²) in [5.41, 5.74) is 1.44. The third-order valence-corrected chi connectivity index (χ3v) is 5.81. The van der Waals surface area contributed by atoms with Crippen molar-refractivity contribution >= 4 is 5.97 Å². The Morgan fingerprint density at radius 3 is 2.43 bits per heavy atom. The van der Waals surface area contributed by atoms with Crippen LogP contribution in [0.1, 0.15) is 49.6 Å². The van der Waals surface area contributed by atoms with E-state index < -0.39 is 6.04 Å². The molecule has 0 unspecified atom stereocenters. The number of carbonyl (C=O) groups excluding carboxylic acids is 1. The molecule has 0 aliphatic carbocycles. The molecule has 1 aromatic carbocycles. The Morgan fingerprint density at radius 1 is 1.23 bits per heavy atom. The third kappa shape index (κ3) is 4.41. The van der Waals surface area contributed by atoms with Crippen LogP contribution in [0.5, 0.6) is 5.75 Å². The van der Waals surface area contributed by atoms with Crippen molar-refractivity contribution in [3.8, 4) is 5.75 Å². The highest BCUT2D eigenvalue weighted by Crippen LogP contribution is 2.35. The maximum absolute atomic E-state index is 13.6. The number of piperidine rings is 1. The van der Waals surface area contributed by atoms with E-state index >= 15 is 0 Å². The topological polar surface area (TPSA) is 71.8 Å². The molecule has 7 heteroatoms. The van der Waals surface area contributed by atoms with Gasteiger partial charge in [0.15, 0.2) is 0 Å². The van der Waals surface area contributed by atoms with Crippen LogP contribution in [0, 0.1) is 18.7 Å². The Hall–Kier alpha value is -2.67. The number of hydrogen-bond acceptors (Lipinski definition) is 5. The van der Waals surface area contributed by atoms with Gasteiger partial charge in [-0.3, -0.25) is 14.5 Å². The lowest BCUT2D eigenvalue weighted by molar-refractivity contribution is -0.149. The van der Waals surface area contributed by atoms with Gasteiger partial charge in [0.25, 0.3) is 5.56 Å². The van der Waals surface area contributed by atoms with Crippen molar-refractivity contribution < 1.29 is 19.0 Å². The second-order valence-electron chi connectivity index (χ2n) is 7.65. The standard InChI is InChI=1S/C23H29FN2O4/c1-4-26-15(3)14-19(27)20(22(26)28)21(16-6-8-18(24)9-7-16)25-12-10-17(11-13-25)23(29)30-5-2/h6-9,14,17,21,27H,4-5,10-13H2,1-3H3/t21-/m0/s1. The monoisotopic (exact) mass is 416 g/mol. The number of halogens is 1. The zero-order valence-electron chi connectivity index (χ0n) is 17.7. The SMILES string of the molecule is CCOC(=O)C1CCN([C@@H](c2ccc(F)cc2)c2c(O)cc(C)n(CC)c2=O)CC1. The zero-order valence-corrected chi connectivity index (χ0v) is 17.7. The van der Waals surface area contributed by atoms with Gasteiger partial charge in [-0.1, -0.05) is 12.1 Å². The maximum atomic E-state index is 13.6. The molecule has 3 rings (SSSR count). The van der Waals surface area contributed by atoms with Crippen molar-refractivity contribution in [1.29, 1.82) is 0 Å². The predicted molar refractivity (Wildman–Crippen MR) is 112 cm³/mol. The minimum atomic E-state index is -0.528. The van der Waals surface area contributed by atoms with E-state index in [1.54, 1.807) is 36.6 Å². The first-order chi connectivity index (χ1) is 14.4. The number of aromatic hydroxyl groups is 1. The first-order valence-corrected chi connectivity index (χ1v) is 10.5. The first kappa shape index (κ1) is 22.0. The van der Waals surface area contributed by atoms with Crippen molar-refractivity contribution in [3.05, 3.63) is 63.3 Å². The smallest absolute Gasteiger partial charge is 0.309 e. The number of pyridine rings is 1. The highest BCUT2D eigenvalue weighted by atomic mass is 19.1. The summed E-state index contributed by atoms with van der Waals surface area (Å²) in [6, 6.07) is 7.08. The van der Waals surface area contributed by atoms with Crippen LogP contribution in [0.25, 0.3) is 0 Å². The van der Waals surface area contributed by atoms with Gasteiger partial charge in [0.1, 0.15) is 11.6 Å². The summed E-state index contributed by atoms with van der Waals surface area (Å²) in [4.78, 5) is 27.4. The fraction of sp³-hybridized carbons (Fsp3) is 0.478. The van der Waals surface area contributed by atoms with Crippen LogP contribution in [0.15, 0.2) is 35.1 Å². The minimum Gasteiger partial charge on any atom is -0.507 e. The molecule has 0 amide bonds. The minimum absolute atomic E-state index is 0.0657. The molecule has 6 nitrogen and oxygen atoms in total. The molecule has 1 fully saturated rings. The molecule has 2 heterocycles. The number of ether oxygens (including phenoxy) is 1. The molecule has 1 saturated heterocycles. The lowest BCUT2D eigenvalue weighted by Gasteiger charge is -2.37. The van der Waals surface area contributed by atoms with Crippen molar-refractivity contribution in [2.75, 3.05) is 19.7 Å². The van der Waals surface area contributed by atoms with Crippen LogP contribution in [-0.4, -0.2) is 40.2 Å². The number of aryl methyl sites for hydroxylation is 1. The van der Waals surface area contributed by atoms with Gasteiger partial charge in [-0.15, -0.1) is 0 Å². The molecular weight excluding hydrogens is 387 g/mol. The summed E-state index contributed by atoms with van der Waals surface area (Å²) in [5.74, 6) is -0.794. The zero-order chi connectivity index (χ0) is 21.8. The van der Waals surface area contributed by atoms with E-state index in [0.717, 1.165) is 5.56 Å². The van der Waals surface area contributed by atoms with Gasteiger partial charge in [0.2, 0.25) is 0 Å². The summed E-state index contributed by atoms with van der Waals surface area (Å²) in [5, 5.41) is 10.7. The number of nitrogens with zero attached hydrogens (tertiary/aromatic N) is 2. The highest BCUT2D eigenvalue weighted by Gasteiger charge is 2.34. The van der Waals surface area contributed by atoms with E-state index in [0.29, 0.717) is 44.8 Å². The number of rotatable bonds is 6. The van der Waals surface area contributed by atoms with E-state index in [1.807, 2.05) is 6.92 Å². The molecule has 0 spiro atoms. The number of hydrogen-bond donors (Lipinski definition) is 1. The van der Waals surface area contributed by atoms with Crippen LogP contribution >= 0.6 is 0 Å². The van der Waals surface area contributed by atoms with Crippen molar-refractivity contribution in [3.63, 3.8) is 0 Å². The fourth-order valence-corrected chi connectivity index (χ4v) is 4.28. The van der Waals surface area contributed by atoms with Gasteiger partial charge in [0, 0.05) is 12.2 Å². The van der Waals surface area contributed by atoms with E-state index in [2.05, 4.69) is 4.90 Å². The first-order valence-electron chi connectivity index (χ1n) is 10.5. The van der Waals surface area contributed by atoms with E-state index in [1.165, 1.54) is 12.1 Å². The lowest BCUT2D eigenvalue weighted by atomic mass is 9.91. The molecule has 30 heavy (non-hydrogen) atoms. The molecule has 1 aromatic heterocycles. The van der Waals surface area contributed by atoms with Gasteiger partial charge in [-0.25, -0.2) is 4.39 Å². The third-order valence-electron chi connectivity index (χ3n) is 5.81. The van der Waals surface area contributed by atoms with Crippen molar-refractivity contribution in [1.82, 2.24) is 9.47 Å². The van der Waals surface area contributed by atoms with Gasteiger partial charge in [0.05, 0.1) is 24.1 Å². The Kier molecular flexibility index (Phi) is 6.92. The molecule has 0 radical (unpaired) electrons. The van der Waals surface area contributed by atoms with Gasteiger partial charge >= 0.3 is 5.97 Å². The normalized spacial score (nSPS) is 16.4.